The monoisotopic (exact) mass is 421 g/mol. The van der Waals surface area contributed by atoms with Crippen molar-refractivity contribution in [2.24, 2.45) is 0 Å². The van der Waals surface area contributed by atoms with Gasteiger partial charge in [-0.15, -0.1) is 0 Å². The second kappa shape index (κ2) is 9.20. The number of likely N-dealkylation sites (tertiary alicyclic amines) is 1. The molecule has 162 valence electrons. The lowest BCUT2D eigenvalue weighted by Crippen LogP contribution is -2.24. The zero-order chi connectivity index (χ0) is 21.8. The zero-order valence-corrected chi connectivity index (χ0v) is 18.1. The average molecular weight is 421 g/mol. The van der Waals surface area contributed by atoms with E-state index >= 15 is 0 Å². The van der Waals surface area contributed by atoms with Gasteiger partial charge in [0.25, 0.3) is 0 Å². The Morgan fingerprint density at radius 2 is 1.94 bits per heavy atom. The van der Waals surface area contributed by atoms with Crippen molar-refractivity contribution < 1.29 is 18.8 Å². The molecule has 1 saturated heterocycles. The molecule has 0 bridgehead atoms. The lowest BCUT2D eigenvalue weighted by Gasteiger charge is -2.18. The van der Waals surface area contributed by atoms with Crippen molar-refractivity contribution in [2.45, 2.75) is 45.8 Å². The van der Waals surface area contributed by atoms with Gasteiger partial charge in [0.2, 0.25) is 17.6 Å². The van der Waals surface area contributed by atoms with Gasteiger partial charge >= 0.3 is 0 Å². The molecule has 1 aliphatic rings. The SMILES string of the molecule is CCOc1ccccc1CN1CC(c2nc(-c3ccc(OC(C)C)cc3)no2)CC1=O. The van der Waals surface area contributed by atoms with Crippen LogP contribution in [0.25, 0.3) is 11.4 Å². The van der Waals surface area contributed by atoms with Crippen LogP contribution in [0.2, 0.25) is 0 Å². The summed E-state index contributed by atoms with van der Waals surface area (Å²) in [6.07, 6.45) is 0.477. The van der Waals surface area contributed by atoms with Gasteiger partial charge < -0.3 is 18.9 Å². The number of amides is 1. The van der Waals surface area contributed by atoms with Crippen LogP contribution in [0.5, 0.6) is 11.5 Å². The van der Waals surface area contributed by atoms with Gasteiger partial charge in [0.05, 0.1) is 18.6 Å². The van der Waals surface area contributed by atoms with Crippen LogP contribution in [0.1, 0.15) is 44.6 Å². The first-order chi connectivity index (χ1) is 15.0. The number of benzene rings is 2. The van der Waals surface area contributed by atoms with Gasteiger partial charge in [0.1, 0.15) is 11.5 Å². The Morgan fingerprint density at radius 3 is 2.68 bits per heavy atom. The Kier molecular flexibility index (Phi) is 6.21. The quantitative estimate of drug-likeness (QED) is 0.535. The van der Waals surface area contributed by atoms with Crippen molar-refractivity contribution in [1.82, 2.24) is 15.0 Å². The maximum atomic E-state index is 12.6. The molecular formula is C24H27N3O4. The summed E-state index contributed by atoms with van der Waals surface area (Å²) in [6, 6.07) is 15.4. The summed E-state index contributed by atoms with van der Waals surface area (Å²) in [5.41, 5.74) is 1.84. The van der Waals surface area contributed by atoms with E-state index in [-0.39, 0.29) is 17.9 Å². The van der Waals surface area contributed by atoms with Crippen molar-refractivity contribution >= 4 is 5.91 Å². The van der Waals surface area contributed by atoms with Crippen LogP contribution in [0.15, 0.2) is 53.1 Å². The average Bonchev–Trinajstić information content (AvgIpc) is 3.37. The number of para-hydroxylation sites is 1. The van der Waals surface area contributed by atoms with Crippen LogP contribution in [-0.2, 0) is 11.3 Å². The number of hydrogen-bond acceptors (Lipinski definition) is 6. The number of hydrogen-bond donors (Lipinski definition) is 0. The van der Waals surface area contributed by atoms with Gasteiger partial charge in [-0.25, -0.2) is 0 Å². The van der Waals surface area contributed by atoms with Gasteiger partial charge in [-0.05, 0) is 51.1 Å². The van der Waals surface area contributed by atoms with Gasteiger partial charge in [-0.2, -0.15) is 4.98 Å². The van der Waals surface area contributed by atoms with Crippen molar-refractivity contribution in [3.05, 3.63) is 60.0 Å². The fourth-order valence-corrected chi connectivity index (χ4v) is 3.70. The van der Waals surface area contributed by atoms with Crippen LogP contribution in [-0.4, -0.2) is 40.2 Å². The molecule has 0 radical (unpaired) electrons. The highest BCUT2D eigenvalue weighted by Gasteiger charge is 2.34. The molecule has 2 aromatic carbocycles. The van der Waals surface area contributed by atoms with E-state index in [4.69, 9.17) is 14.0 Å². The summed E-state index contributed by atoms with van der Waals surface area (Å²) in [5.74, 6) is 2.57. The van der Waals surface area contributed by atoms with E-state index in [9.17, 15) is 4.79 Å². The maximum Gasteiger partial charge on any atom is 0.232 e. The second-order valence-corrected chi connectivity index (χ2v) is 7.86. The predicted octanol–water partition coefficient (Wildman–Crippen LogP) is 4.44. The standard InChI is InChI=1S/C24H27N3O4/c1-4-29-21-8-6-5-7-18(21)14-27-15-19(13-22(27)28)24-25-23(26-31-24)17-9-11-20(12-10-17)30-16(2)3/h5-12,16,19H,4,13-15H2,1-3H3. The highest BCUT2D eigenvalue weighted by molar-refractivity contribution is 5.79. The Bertz CT molecular complexity index is 1030. The molecule has 1 unspecified atom stereocenters. The number of ether oxygens (including phenoxy) is 2. The highest BCUT2D eigenvalue weighted by Crippen LogP contribution is 2.31. The Labute approximate surface area is 182 Å². The predicted molar refractivity (Wildman–Crippen MR) is 116 cm³/mol. The summed E-state index contributed by atoms with van der Waals surface area (Å²) in [5, 5.41) is 4.12. The molecule has 1 fully saturated rings. The first-order valence-electron chi connectivity index (χ1n) is 10.6. The number of rotatable bonds is 8. The third-order valence-corrected chi connectivity index (χ3v) is 5.12. The van der Waals surface area contributed by atoms with E-state index < -0.39 is 0 Å². The third kappa shape index (κ3) is 4.87. The molecule has 1 amide bonds. The summed E-state index contributed by atoms with van der Waals surface area (Å²) in [6.45, 7) is 7.56. The molecule has 4 rings (SSSR count). The van der Waals surface area contributed by atoms with Crippen molar-refractivity contribution in [2.75, 3.05) is 13.2 Å². The molecule has 7 heteroatoms. The highest BCUT2D eigenvalue weighted by atomic mass is 16.5. The lowest BCUT2D eigenvalue weighted by atomic mass is 10.1. The van der Waals surface area contributed by atoms with Crippen LogP contribution in [0.3, 0.4) is 0 Å². The summed E-state index contributed by atoms with van der Waals surface area (Å²) < 4.78 is 16.9. The van der Waals surface area contributed by atoms with Crippen molar-refractivity contribution in [3.8, 4) is 22.9 Å². The van der Waals surface area contributed by atoms with Crippen molar-refractivity contribution in [1.29, 1.82) is 0 Å². The molecule has 7 nitrogen and oxygen atoms in total. The normalized spacial score (nSPS) is 16.2. The molecule has 1 aromatic heterocycles. The molecule has 0 N–H and O–H groups in total. The minimum atomic E-state index is -0.114. The molecule has 3 aromatic rings. The smallest absolute Gasteiger partial charge is 0.232 e. The molecule has 1 aliphatic heterocycles. The second-order valence-electron chi connectivity index (χ2n) is 7.86. The largest absolute Gasteiger partial charge is 0.494 e. The zero-order valence-electron chi connectivity index (χ0n) is 18.1. The number of carbonyl (C=O) groups excluding carboxylic acids is 1. The Hall–Kier alpha value is -3.35. The van der Waals surface area contributed by atoms with E-state index in [1.54, 1.807) is 0 Å². The molecule has 1 atom stereocenters. The van der Waals surface area contributed by atoms with Gasteiger partial charge in [0, 0.05) is 30.6 Å². The maximum absolute atomic E-state index is 12.6. The van der Waals surface area contributed by atoms with Gasteiger partial charge in [-0.1, -0.05) is 23.4 Å². The molecule has 2 heterocycles. The third-order valence-electron chi connectivity index (χ3n) is 5.12. The van der Waals surface area contributed by atoms with E-state index in [1.165, 1.54) is 0 Å². The topological polar surface area (TPSA) is 77.7 Å². The van der Waals surface area contributed by atoms with Crippen LogP contribution >= 0.6 is 0 Å². The van der Waals surface area contributed by atoms with Crippen LogP contribution < -0.4 is 9.47 Å². The summed E-state index contributed by atoms with van der Waals surface area (Å²) >= 11 is 0. The molecular weight excluding hydrogens is 394 g/mol. The number of carbonyl (C=O) groups is 1. The summed E-state index contributed by atoms with van der Waals surface area (Å²) in [7, 11) is 0. The lowest BCUT2D eigenvalue weighted by molar-refractivity contribution is -0.128. The van der Waals surface area contributed by atoms with Gasteiger partial charge in [-0.3, -0.25) is 4.79 Å². The van der Waals surface area contributed by atoms with E-state index in [0.717, 1.165) is 22.6 Å². The minimum Gasteiger partial charge on any atom is -0.494 e. The van der Waals surface area contributed by atoms with Crippen molar-refractivity contribution in [3.63, 3.8) is 0 Å². The molecule has 0 saturated carbocycles. The number of aromatic nitrogens is 2. The Morgan fingerprint density at radius 1 is 1.16 bits per heavy atom. The van der Waals surface area contributed by atoms with Crippen LogP contribution in [0.4, 0.5) is 0 Å². The van der Waals surface area contributed by atoms with E-state index in [0.29, 0.717) is 37.8 Å². The fraction of sp³-hybridized carbons (Fsp3) is 0.375. The Balaban J connectivity index is 1.44. The van der Waals surface area contributed by atoms with Crippen LogP contribution in [0, 0.1) is 0 Å². The molecule has 0 spiro atoms. The first kappa shape index (κ1) is 20.9. The first-order valence-corrected chi connectivity index (χ1v) is 10.6. The fourth-order valence-electron chi connectivity index (χ4n) is 3.70. The molecule has 0 aliphatic carbocycles. The summed E-state index contributed by atoms with van der Waals surface area (Å²) in [4.78, 5) is 19.0. The van der Waals surface area contributed by atoms with E-state index in [1.807, 2.05) is 74.2 Å². The van der Waals surface area contributed by atoms with E-state index in [2.05, 4.69) is 10.1 Å². The minimum absolute atomic E-state index is 0.0752. The number of nitrogens with zero attached hydrogens (tertiary/aromatic N) is 3. The molecule has 31 heavy (non-hydrogen) atoms. The van der Waals surface area contributed by atoms with Gasteiger partial charge in [0.15, 0.2) is 0 Å².